The number of aliphatic hydroxyl groups is 1. The molecule has 0 fully saturated rings. The van der Waals surface area contributed by atoms with Gasteiger partial charge in [0.25, 0.3) is 0 Å². The number of carbonyl (C=O) groups is 11. The van der Waals surface area contributed by atoms with Gasteiger partial charge in [0.2, 0.25) is 59.6 Å². The molecule has 7 rings (SSSR count). The van der Waals surface area contributed by atoms with Crippen molar-refractivity contribution >= 4 is 107 Å². The Balaban J connectivity index is 1.23. The van der Waals surface area contributed by atoms with Crippen LogP contribution in [0.4, 0.5) is 9.59 Å². The van der Waals surface area contributed by atoms with E-state index in [0.717, 1.165) is 29.5 Å². The summed E-state index contributed by atoms with van der Waals surface area (Å²) in [6, 6.07) is 40.1. The lowest BCUT2D eigenvalue weighted by molar-refractivity contribution is -0.136. The zero-order chi connectivity index (χ0) is 75.6. The third-order valence-corrected chi connectivity index (χ3v) is 18.8. The molecule has 28 nitrogen and oxygen atoms in total. The number of rotatable bonds is 40. The van der Waals surface area contributed by atoms with E-state index in [1.807, 2.05) is 6.07 Å². The van der Waals surface area contributed by atoms with Crippen LogP contribution in [0, 0.1) is 0 Å². The van der Waals surface area contributed by atoms with Gasteiger partial charge in [0, 0.05) is 76.8 Å². The fourth-order valence-electron chi connectivity index (χ4n) is 10.6. The van der Waals surface area contributed by atoms with E-state index in [4.69, 9.17) is 14.2 Å². The number of hydrogen-bond donors (Lipinski definition) is 10. The molecular formula is C75H88N12O16S2. The van der Waals surface area contributed by atoms with Gasteiger partial charge in [-0.25, -0.2) is 9.59 Å². The molecule has 0 radical (unpaired) electrons. The van der Waals surface area contributed by atoms with E-state index in [9.17, 15) is 43.9 Å². The van der Waals surface area contributed by atoms with E-state index in [1.54, 1.807) is 170 Å². The molecule has 0 aliphatic carbocycles. The number of para-hydroxylation sites is 1. The molecule has 0 aliphatic heterocycles. The van der Waals surface area contributed by atoms with Crippen molar-refractivity contribution in [1.29, 1.82) is 0 Å². The predicted octanol–water partition coefficient (Wildman–Crippen LogP) is 6.21. The van der Waals surface area contributed by atoms with Gasteiger partial charge in [-0.15, -0.1) is 0 Å². The summed E-state index contributed by atoms with van der Waals surface area (Å²) in [7, 11) is 2.91. The highest BCUT2D eigenvalue weighted by Gasteiger charge is 2.37. The highest BCUT2D eigenvalue weighted by molar-refractivity contribution is 7.97. The zero-order valence-corrected chi connectivity index (χ0v) is 60.4. The van der Waals surface area contributed by atoms with Crippen LogP contribution >= 0.6 is 23.9 Å². The number of ether oxygens (including phenoxy) is 3. The number of aromatic nitrogens is 1. The van der Waals surface area contributed by atoms with Crippen molar-refractivity contribution < 1.29 is 77.3 Å². The van der Waals surface area contributed by atoms with Crippen molar-refractivity contribution in [2.75, 3.05) is 32.1 Å². The predicted molar refractivity (Wildman–Crippen MR) is 396 cm³/mol. The Hall–Kier alpha value is -11.2. The first kappa shape index (κ1) is 81.1. The van der Waals surface area contributed by atoms with Crippen molar-refractivity contribution in [3.63, 3.8) is 0 Å². The molecule has 8 atom stereocenters. The smallest absolute Gasteiger partial charge is 0.408 e. The van der Waals surface area contributed by atoms with Crippen LogP contribution in [0.1, 0.15) is 73.4 Å². The standard InChI is InChI=1S/C75H88N12O16S2/c1-49(101-43-54-29-15-8-16-30-54)66(73(97)81-64(72(96)84-100)47-105-86(5)51(3)90)83-67(91)59(36-23-24-38-76-74(98)102-44-55-31-17-9-18-32-55)77-70(94)62(41-57-42-87(48-88)65-37-22-21-35-58(57)65)79-68(92)60(39-52-25-11-6-12-26-52)78-71(95)63(46-104-85(4)50(2)89)80-69(93)61(40-53-27-13-7-14-28-53)82-75(99)103-45-56-33-19-10-20-34-56/h6-22,25-35,37,42,48-49,59-64,66,100H,23-24,36,38-41,43-47H2,1-5H3,(H,76,98)(H,77,94)(H,78,95)(H,79,92)(H,80,93)(H,81,97)(H,82,99)(H,83,91)(H,84,96)/t49?,59?,60?,61-,62-,63?,64?,66?/m1/s1. The van der Waals surface area contributed by atoms with E-state index in [2.05, 4.69) is 47.7 Å². The maximum Gasteiger partial charge on any atom is 0.408 e. The van der Waals surface area contributed by atoms with E-state index >= 15 is 19.2 Å². The largest absolute Gasteiger partial charge is 0.493 e. The maximum atomic E-state index is 15.6. The van der Waals surface area contributed by atoms with Gasteiger partial charge < -0.3 is 67.1 Å². The van der Waals surface area contributed by atoms with Crippen molar-refractivity contribution in [2.45, 2.75) is 128 Å². The highest BCUT2D eigenvalue weighted by atomic mass is 32.2. The summed E-state index contributed by atoms with van der Waals surface area (Å²) in [5.74, 6) is -7.84. The molecule has 6 unspecified atom stereocenters. The Morgan fingerprint density at radius 3 is 1.40 bits per heavy atom. The number of alkyl carbamates (subject to hydrolysis) is 2. The molecule has 1 heterocycles. The number of aliphatic hydroxyl groups excluding tert-OH is 1. The Morgan fingerprint density at radius 2 is 0.895 bits per heavy atom. The lowest BCUT2D eigenvalue weighted by Crippen LogP contribution is -2.62. The lowest BCUT2D eigenvalue weighted by Gasteiger charge is -2.30. The van der Waals surface area contributed by atoms with E-state index in [-0.39, 0.29) is 82.3 Å². The summed E-state index contributed by atoms with van der Waals surface area (Å²) in [4.78, 5) is 154. The molecule has 105 heavy (non-hydrogen) atoms. The second-order valence-corrected chi connectivity index (χ2v) is 26.7. The summed E-state index contributed by atoms with van der Waals surface area (Å²) in [5.41, 5.74) is 4.11. The first-order valence-electron chi connectivity index (χ1n) is 33.8. The molecule has 7 aromatic rings. The number of hydrogen-bond acceptors (Lipinski definition) is 18. The second kappa shape index (κ2) is 42.4. The van der Waals surface area contributed by atoms with Crippen LogP contribution in [0.5, 0.6) is 0 Å². The van der Waals surface area contributed by atoms with Crippen LogP contribution in [-0.2, 0) is 96.4 Å². The van der Waals surface area contributed by atoms with Crippen LogP contribution in [0.2, 0.25) is 0 Å². The number of carbonyl (C=O) groups excluding carboxylic acids is 11. The average molecular weight is 1480 g/mol. The minimum absolute atomic E-state index is 0.0137. The van der Waals surface area contributed by atoms with Gasteiger partial charge in [0.05, 0.1) is 18.2 Å². The molecule has 30 heteroatoms. The summed E-state index contributed by atoms with van der Waals surface area (Å²) < 4.78 is 20.8. The number of nitrogens with one attached hydrogen (secondary N) is 8. The molecular weight excluding hydrogens is 1390 g/mol. The number of fused-ring (bicyclic) bond motifs is 1. The normalized spacial score (nSPS) is 13.4. The second-order valence-electron chi connectivity index (χ2n) is 24.4. The van der Waals surface area contributed by atoms with Crippen LogP contribution in [0.15, 0.2) is 187 Å². The SMILES string of the molecule is CC(=O)N(C)SCC(NC(=O)[C@@H](Cc1ccccc1)NC(=O)OCc1ccccc1)C(=O)NC(Cc1ccccc1)C(=O)N[C@H](Cc1cn(C=O)c2ccccc12)C(=O)NC(CCCCNC(=O)OCc1ccccc1)C(=O)NC(C(=O)NC(CSN(C)C(C)=O)/C(O)=N/O)C(C)OCc1ccccc1. The maximum absolute atomic E-state index is 15.6. The molecule has 0 spiro atoms. The number of nitrogens with zero attached hydrogens (tertiary/aromatic N) is 4. The lowest BCUT2D eigenvalue weighted by atomic mass is 10.0. The van der Waals surface area contributed by atoms with Gasteiger partial charge in [-0.05, 0) is 89.5 Å². The van der Waals surface area contributed by atoms with Gasteiger partial charge >= 0.3 is 12.2 Å². The van der Waals surface area contributed by atoms with E-state index in [0.29, 0.717) is 45.1 Å². The molecule has 0 bridgehead atoms. The third kappa shape index (κ3) is 26.8. The fourth-order valence-corrected chi connectivity index (χ4v) is 12.2. The molecule has 556 valence electrons. The molecule has 1 aromatic heterocycles. The first-order valence-corrected chi connectivity index (χ1v) is 35.6. The quantitative estimate of drug-likeness (QED) is 0.00388. The van der Waals surface area contributed by atoms with Crippen LogP contribution in [-0.4, -0.2) is 176 Å². The number of benzene rings is 6. The molecule has 0 saturated carbocycles. The Morgan fingerprint density at radius 1 is 0.486 bits per heavy atom. The van der Waals surface area contributed by atoms with Gasteiger partial charge in [-0.1, -0.05) is 175 Å². The molecule has 0 aliphatic rings. The Kier molecular flexibility index (Phi) is 32.7. The number of amides is 10. The zero-order valence-electron chi connectivity index (χ0n) is 58.7. The third-order valence-electron chi connectivity index (χ3n) is 16.6. The summed E-state index contributed by atoms with van der Waals surface area (Å²) in [5, 5.41) is 45.6. The van der Waals surface area contributed by atoms with Crippen LogP contribution < -0.4 is 42.5 Å². The van der Waals surface area contributed by atoms with E-state index < -0.39 is 108 Å². The van der Waals surface area contributed by atoms with Crippen LogP contribution in [0.25, 0.3) is 10.9 Å². The monoisotopic (exact) mass is 1480 g/mol. The van der Waals surface area contributed by atoms with Crippen LogP contribution in [0.3, 0.4) is 0 Å². The van der Waals surface area contributed by atoms with E-state index in [1.165, 1.54) is 54.2 Å². The minimum Gasteiger partial charge on any atom is -0.493 e. The number of unbranched alkanes of at least 4 members (excludes halogenated alkanes) is 1. The Labute approximate surface area is 616 Å². The van der Waals surface area contributed by atoms with Crippen molar-refractivity contribution in [1.82, 2.24) is 55.7 Å². The molecule has 0 saturated heterocycles. The van der Waals surface area contributed by atoms with Crippen molar-refractivity contribution in [2.24, 2.45) is 5.16 Å². The fraction of sp³-hybridized carbons (Fsp3) is 0.333. The minimum atomic E-state index is -1.66. The topological polar surface area (TPSA) is 376 Å². The first-order chi connectivity index (χ1) is 50.6. The van der Waals surface area contributed by atoms with Gasteiger partial charge in [0.15, 0.2) is 0 Å². The van der Waals surface area contributed by atoms with Crippen molar-refractivity contribution in [3.8, 4) is 0 Å². The molecule has 10 amide bonds. The molecule has 6 aromatic carbocycles. The van der Waals surface area contributed by atoms with Gasteiger partial charge in [0.1, 0.15) is 55.5 Å². The average Bonchev–Trinajstić information content (AvgIpc) is 1.65. The summed E-state index contributed by atoms with van der Waals surface area (Å²) in [6.07, 6.45) is -1.30. The molecule has 10 N–H and O–H groups in total. The summed E-state index contributed by atoms with van der Waals surface area (Å²) in [6.45, 7) is 3.92. The number of oxime groups is 1. The van der Waals surface area contributed by atoms with Crippen molar-refractivity contribution in [3.05, 3.63) is 216 Å². The van der Waals surface area contributed by atoms with Gasteiger partial charge in [-0.3, -0.25) is 56.3 Å². The Bertz CT molecular complexity index is 4050. The highest BCUT2D eigenvalue weighted by Crippen LogP contribution is 2.23. The summed E-state index contributed by atoms with van der Waals surface area (Å²) >= 11 is 1.76. The van der Waals surface area contributed by atoms with Gasteiger partial charge in [-0.2, -0.15) is 0 Å².